The molecule has 0 unspecified atom stereocenters. The molecule has 0 aliphatic carbocycles. The molecule has 2 N–H and O–H groups in total. The van der Waals surface area contributed by atoms with Crippen LogP contribution in [0.25, 0.3) is 0 Å². The van der Waals surface area contributed by atoms with Gasteiger partial charge in [0.05, 0.1) is 16.1 Å². The van der Waals surface area contributed by atoms with Crippen LogP contribution in [0.1, 0.15) is 26.3 Å². The molecule has 2 amide bonds. The molecular formula is C21H16Cl2N2O3. The average molecular weight is 415 g/mol. The Balaban J connectivity index is 1.65. The van der Waals surface area contributed by atoms with E-state index in [2.05, 4.69) is 10.9 Å². The van der Waals surface area contributed by atoms with Crippen LogP contribution in [0.15, 0.2) is 72.8 Å². The van der Waals surface area contributed by atoms with Gasteiger partial charge in [0.15, 0.2) is 0 Å². The fourth-order valence-corrected chi connectivity index (χ4v) is 2.93. The van der Waals surface area contributed by atoms with Gasteiger partial charge in [0.1, 0.15) is 12.4 Å². The summed E-state index contributed by atoms with van der Waals surface area (Å²) in [4.78, 5) is 24.7. The van der Waals surface area contributed by atoms with Gasteiger partial charge in [-0.3, -0.25) is 20.4 Å². The topological polar surface area (TPSA) is 67.4 Å². The van der Waals surface area contributed by atoms with E-state index in [1.54, 1.807) is 24.3 Å². The molecule has 0 fully saturated rings. The van der Waals surface area contributed by atoms with Gasteiger partial charge in [-0.1, -0.05) is 65.7 Å². The molecule has 3 rings (SSSR count). The van der Waals surface area contributed by atoms with Gasteiger partial charge in [-0.2, -0.15) is 0 Å². The Morgan fingerprint density at radius 3 is 2.14 bits per heavy atom. The standard InChI is InChI=1S/C21H16Cl2N2O3/c22-15-10-11-16(18(23)12-15)20(26)24-25-21(27)17-8-4-5-9-19(17)28-13-14-6-2-1-3-7-14/h1-12H,13H2,(H,24,26)(H,25,27). The number of hydrazine groups is 1. The number of halogens is 2. The van der Waals surface area contributed by atoms with E-state index in [1.807, 2.05) is 30.3 Å². The molecule has 0 radical (unpaired) electrons. The lowest BCUT2D eigenvalue weighted by Gasteiger charge is -2.13. The van der Waals surface area contributed by atoms with Crippen LogP contribution >= 0.6 is 23.2 Å². The molecule has 0 spiro atoms. The first kappa shape index (κ1) is 19.7. The van der Waals surface area contributed by atoms with E-state index in [0.717, 1.165) is 5.56 Å². The number of para-hydroxylation sites is 1. The number of nitrogens with one attached hydrogen (secondary N) is 2. The Bertz CT molecular complexity index is 994. The number of amides is 2. The summed E-state index contributed by atoms with van der Waals surface area (Å²) < 4.78 is 5.76. The van der Waals surface area contributed by atoms with E-state index in [0.29, 0.717) is 22.9 Å². The highest BCUT2D eigenvalue weighted by atomic mass is 35.5. The van der Waals surface area contributed by atoms with Crippen LogP contribution in [0.2, 0.25) is 10.0 Å². The van der Waals surface area contributed by atoms with Crippen molar-refractivity contribution in [2.75, 3.05) is 0 Å². The molecule has 0 bridgehead atoms. The third kappa shape index (κ3) is 5.03. The third-order valence-corrected chi connectivity index (χ3v) is 4.38. The maximum atomic E-state index is 12.5. The molecule has 0 aliphatic rings. The van der Waals surface area contributed by atoms with Gasteiger partial charge >= 0.3 is 0 Å². The van der Waals surface area contributed by atoms with Gasteiger partial charge in [-0.25, -0.2) is 0 Å². The van der Waals surface area contributed by atoms with Crippen molar-refractivity contribution in [3.05, 3.63) is 99.5 Å². The summed E-state index contributed by atoms with van der Waals surface area (Å²) in [7, 11) is 0. The molecule has 142 valence electrons. The van der Waals surface area contributed by atoms with Crippen molar-refractivity contribution in [3.63, 3.8) is 0 Å². The van der Waals surface area contributed by atoms with Gasteiger partial charge < -0.3 is 4.74 Å². The highest BCUT2D eigenvalue weighted by molar-refractivity contribution is 6.36. The molecule has 28 heavy (non-hydrogen) atoms. The summed E-state index contributed by atoms with van der Waals surface area (Å²) in [5.41, 5.74) is 6.17. The SMILES string of the molecule is O=C(NNC(=O)c1ccccc1OCc1ccccc1)c1ccc(Cl)cc1Cl. The van der Waals surface area contributed by atoms with Crippen molar-refractivity contribution in [2.45, 2.75) is 6.61 Å². The predicted octanol–water partition coefficient (Wildman–Crippen LogP) is 4.65. The first-order valence-electron chi connectivity index (χ1n) is 8.36. The summed E-state index contributed by atoms with van der Waals surface area (Å²) in [5.74, 6) is -0.664. The van der Waals surface area contributed by atoms with Crippen LogP contribution in [0.3, 0.4) is 0 Å². The Morgan fingerprint density at radius 1 is 0.786 bits per heavy atom. The largest absolute Gasteiger partial charge is 0.488 e. The normalized spacial score (nSPS) is 10.2. The molecule has 0 atom stereocenters. The summed E-state index contributed by atoms with van der Waals surface area (Å²) >= 11 is 11.8. The number of ether oxygens (including phenoxy) is 1. The summed E-state index contributed by atoms with van der Waals surface area (Å²) in [5, 5.41) is 0.598. The maximum absolute atomic E-state index is 12.5. The number of rotatable bonds is 5. The molecule has 7 heteroatoms. The summed E-state index contributed by atoms with van der Waals surface area (Å²) in [6.07, 6.45) is 0. The third-order valence-electron chi connectivity index (χ3n) is 3.83. The summed E-state index contributed by atoms with van der Waals surface area (Å²) in [6, 6.07) is 20.8. The lowest BCUT2D eigenvalue weighted by atomic mass is 10.2. The Labute approximate surface area is 172 Å². The first-order chi connectivity index (χ1) is 13.5. The van der Waals surface area contributed by atoms with Crippen LogP contribution in [0, 0.1) is 0 Å². The molecule has 0 heterocycles. The zero-order valence-electron chi connectivity index (χ0n) is 14.6. The molecule has 0 saturated heterocycles. The van der Waals surface area contributed by atoms with Gasteiger partial charge in [0.2, 0.25) is 0 Å². The Kier molecular flexibility index (Phi) is 6.53. The van der Waals surface area contributed by atoms with Crippen LogP contribution in [-0.2, 0) is 6.61 Å². The van der Waals surface area contributed by atoms with Crippen LogP contribution in [0.5, 0.6) is 5.75 Å². The van der Waals surface area contributed by atoms with Crippen molar-refractivity contribution < 1.29 is 14.3 Å². The van der Waals surface area contributed by atoms with E-state index in [4.69, 9.17) is 27.9 Å². The van der Waals surface area contributed by atoms with Gasteiger partial charge in [-0.05, 0) is 35.9 Å². The number of hydrogen-bond donors (Lipinski definition) is 2. The lowest BCUT2D eigenvalue weighted by Crippen LogP contribution is -2.41. The fourth-order valence-electron chi connectivity index (χ4n) is 2.44. The smallest absolute Gasteiger partial charge is 0.273 e. The number of hydrogen-bond acceptors (Lipinski definition) is 3. The lowest BCUT2D eigenvalue weighted by molar-refractivity contribution is 0.0844. The average Bonchev–Trinajstić information content (AvgIpc) is 2.71. The van der Waals surface area contributed by atoms with E-state index < -0.39 is 11.8 Å². The van der Waals surface area contributed by atoms with Crippen molar-refractivity contribution in [3.8, 4) is 5.75 Å². The van der Waals surface area contributed by atoms with Gasteiger partial charge in [0, 0.05) is 5.02 Å². The van der Waals surface area contributed by atoms with Crippen LogP contribution in [-0.4, -0.2) is 11.8 Å². The van der Waals surface area contributed by atoms with Gasteiger partial charge in [0.25, 0.3) is 11.8 Å². The number of benzene rings is 3. The first-order valence-corrected chi connectivity index (χ1v) is 9.11. The van der Waals surface area contributed by atoms with Crippen molar-refractivity contribution in [1.29, 1.82) is 0 Å². The second-order valence-corrected chi connectivity index (χ2v) is 6.65. The predicted molar refractivity (Wildman–Crippen MR) is 109 cm³/mol. The number of carbonyl (C=O) groups excluding carboxylic acids is 2. The molecule has 0 aromatic heterocycles. The van der Waals surface area contributed by atoms with E-state index in [9.17, 15) is 9.59 Å². The minimum atomic E-state index is -0.558. The zero-order chi connectivity index (χ0) is 19.9. The van der Waals surface area contributed by atoms with Crippen molar-refractivity contribution >= 4 is 35.0 Å². The minimum absolute atomic E-state index is 0.186. The second-order valence-electron chi connectivity index (χ2n) is 5.80. The number of carbonyl (C=O) groups is 2. The van der Waals surface area contributed by atoms with Gasteiger partial charge in [-0.15, -0.1) is 0 Å². The molecule has 0 aliphatic heterocycles. The highest BCUT2D eigenvalue weighted by Crippen LogP contribution is 2.21. The Morgan fingerprint density at radius 2 is 1.43 bits per heavy atom. The molecule has 3 aromatic rings. The van der Waals surface area contributed by atoms with Crippen LogP contribution in [0.4, 0.5) is 0 Å². The Hall–Kier alpha value is -3.02. The fraction of sp³-hybridized carbons (Fsp3) is 0.0476. The monoisotopic (exact) mass is 414 g/mol. The van der Waals surface area contributed by atoms with E-state index in [-0.39, 0.29) is 10.6 Å². The van der Waals surface area contributed by atoms with E-state index >= 15 is 0 Å². The van der Waals surface area contributed by atoms with Crippen LogP contribution < -0.4 is 15.6 Å². The second kappa shape index (κ2) is 9.26. The molecule has 5 nitrogen and oxygen atoms in total. The van der Waals surface area contributed by atoms with Crippen molar-refractivity contribution in [2.24, 2.45) is 0 Å². The maximum Gasteiger partial charge on any atom is 0.273 e. The molecule has 3 aromatic carbocycles. The summed E-state index contributed by atoms with van der Waals surface area (Å²) in [6.45, 7) is 0.317. The quantitative estimate of drug-likeness (QED) is 0.597. The molecular weight excluding hydrogens is 399 g/mol. The minimum Gasteiger partial charge on any atom is -0.488 e. The van der Waals surface area contributed by atoms with Crippen molar-refractivity contribution in [1.82, 2.24) is 10.9 Å². The highest BCUT2D eigenvalue weighted by Gasteiger charge is 2.15. The zero-order valence-corrected chi connectivity index (χ0v) is 16.1. The van der Waals surface area contributed by atoms with E-state index in [1.165, 1.54) is 18.2 Å². The molecule has 0 saturated carbocycles.